The second-order valence-corrected chi connectivity index (χ2v) is 5.04. The number of aliphatic imine (C=N–C) groups is 1. The van der Waals surface area contributed by atoms with E-state index in [0.29, 0.717) is 18.9 Å². The molecule has 20 heavy (non-hydrogen) atoms. The first kappa shape index (κ1) is 14.4. The Bertz CT molecular complexity index is 498. The molecule has 0 saturated carbocycles. The zero-order valence-electron chi connectivity index (χ0n) is 11.9. The summed E-state index contributed by atoms with van der Waals surface area (Å²) in [4.78, 5) is 16.0. The van der Waals surface area contributed by atoms with Crippen LogP contribution in [0.4, 0.5) is 5.69 Å². The van der Waals surface area contributed by atoms with Gasteiger partial charge in [0.2, 0.25) is 5.91 Å². The molecule has 1 aromatic rings. The van der Waals surface area contributed by atoms with Crippen LogP contribution in [-0.4, -0.2) is 25.0 Å². The van der Waals surface area contributed by atoms with Crippen molar-refractivity contribution in [2.45, 2.75) is 32.1 Å². The van der Waals surface area contributed by atoms with Gasteiger partial charge in [0.15, 0.2) is 5.96 Å². The number of nitrogens with one attached hydrogen (secondary N) is 2. The third-order valence-corrected chi connectivity index (χ3v) is 3.42. The Morgan fingerprint density at radius 2 is 2.30 bits per heavy atom. The van der Waals surface area contributed by atoms with Crippen molar-refractivity contribution in [1.82, 2.24) is 5.32 Å². The smallest absolute Gasteiger partial charge is 0.225 e. The first-order valence-electron chi connectivity index (χ1n) is 7.13. The number of rotatable bonds is 5. The standard InChI is InChI=1S/C15H22N4O/c1-2-3-8-17-15(16)18-10-11-9-14(20)19-13-7-5-4-6-12(11)13/h4-7,11H,2-3,8-10H2,1H3,(H,19,20)(H3,16,17,18). The Morgan fingerprint density at radius 3 is 3.10 bits per heavy atom. The molecular weight excluding hydrogens is 252 g/mol. The molecule has 0 saturated heterocycles. The van der Waals surface area contributed by atoms with Crippen molar-refractivity contribution in [2.75, 3.05) is 18.4 Å². The van der Waals surface area contributed by atoms with Crippen molar-refractivity contribution in [3.63, 3.8) is 0 Å². The second-order valence-electron chi connectivity index (χ2n) is 5.04. The number of carbonyl (C=O) groups excluding carboxylic acids is 1. The number of amides is 1. The van der Waals surface area contributed by atoms with Crippen LogP contribution in [0.5, 0.6) is 0 Å². The van der Waals surface area contributed by atoms with Crippen LogP contribution in [0.3, 0.4) is 0 Å². The highest BCUT2D eigenvalue weighted by atomic mass is 16.1. The van der Waals surface area contributed by atoms with Crippen molar-refractivity contribution in [3.8, 4) is 0 Å². The fourth-order valence-electron chi connectivity index (χ4n) is 2.32. The van der Waals surface area contributed by atoms with Gasteiger partial charge in [0, 0.05) is 24.6 Å². The van der Waals surface area contributed by atoms with E-state index in [1.165, 1.54) is 0 Å². The maximum Gasteiger partial charge on any atom is 0.225 e. The van der Waals surface area contributed by atoms with Crippen LogP contribution < -0.4 is 16.4 Å². The van der Waals surface area contributed by atoms with Crippen LogP contribution in [0.25, 0.3) is 0 Å². The summed E-state index contributed by atoms with van der Waals surface area (Å²) in [5.74, 6) is 0.606. The highest BCUT2D eigenvalue weighted by Gasteiger charge is 2.24. The number of para-hydroxylation sites is 1. The monoisotopic (exact) mass is 274 g/mol. The molecule has 0 spiro atoms. The van der Waals surface area contributed by atoms with Gasteiger partial charge in [-0.3, -0.25) is 9.79 Å². The fourth-order valence-corrected chi connectivity index (χ4v) is 2.32. The van der Waals surface area contributed by atoms with Gasteiger partial charge in [-0.1, -0.05) is 31.5 Å². The summed E-state index contributed by atoms with van der Waals surface area (Å²) in [6.45, 7) is 3.51. The first-order chi connectivity index (χ1) is 9.70. The van der Waals surface area contributed by atoms with Crippen LogP contribution in [0.1, 0.15) is 37.7 Å². The van der Waals surface area contributed by atoms with Crippen molar-refractivity contribution < 1.29 is 4.79 Å². The minimum Gasteiger partial charge on any atom is -0.370 e. The maximum absolute atomic E-state index is 11.7. The molecule has 2 rings (SSSR count). The van der Waals surface area contributed by atoms with Crippen LogP contribution >= 0.6 is 0 Å². The van der Waals surface area contributed by atoms with Crippen molar-refractivity contribution in [1.29, 1.82) is 0 Å². The van der Waals surface area contributed by atoms with E-state index in [0.717, 1.165) is 30.6 Å². The third kappa shape index (κ3) is 3.73. The summed E-state index contributed by atoms with van der Waals surface area (Å²) in [6.07, 6.45) is 2.66. The molecule has 4 N–H and O–H groups in total. The summed E-state index contributed by atoms with van der Waals surface area (Å²) >= 11 is 0. The SMILES string of the molecule is CCCCNC(N)=NCC1CC(=O)Nc2ccccc21. The van der Waals surface area contributed by atoms with Gasteiger partial charge in [-0.05, 0) is 18.1 Å². The number of hydrogen-bond acceptors (Lipinski definition) is 2. The Hall–Kier alpha value is -2.04. The fraction of sp³-hybridized carbons (Fsp3) is 0.467. The number of fused-ring (bicyclic) bond motifs is 1. The summed E-state index contributed by atoms with van der Waals surface area (Å²) in [7, 11) is 0. The van der Waals surface area contributed by atoms with E-state index in [1.807, 2.05) is 24.3 Å². The molecule has 0 fully saturated rings. The molecule has 1 aliphatic rings. The van der Waals surface area contributed by atoms with E-state index < -0.39 is 0 Å². The minimum atomic E-state index is 0.0430. The maximum atomic E-state index is 11.7. The summed E-state index contributed by atoms with van der Waals surface area (Å²) in [5.41, 5.74) is 7.85. The molecule has 0 aromatic heterocycles. The molecule has 1 aromatic carbocycles. The van der Waals surface area contributed by atoms with Gasteiger partial charge in [-0.25, -0.2) is 0 Å². The lowest BCUT2D eigenvalue weighted by Crippen LogP contribution is -2.33. The Balaban J connectivity index is 1.99. The number of hydrogen-bond donors (Lipinski definition) is 3. The first-order valence-corrected chi connectivity index (χ1v) is 7.13. The molecule has 1 unspecified atom stereocenters. The summed E-state index contributed by atoms with van der Waals surface area (Å²) < 4.78 is 0. The van der Waals surface area contributed by atoms with Crippen LogP contribution in [0.15, 0.2) is 29.3 Å². The van der Waals surface area contributed by atoms with Gasteiger partial charge in [0.1, 0.15) is 0 Å². The molecule has 0 bridgehead atoms. The average molecular weight is 274 g/mol. The zero-order valence-corrected chi connectivity index (χ0v) is 11.9. The number of unbranched alkanes of at least 4 members (excludes halogenated alkanes) is 1. The van der Waals surface area contributed by atoms with Gasteiger partial charge in [-0.2, -0.15) is 0 Å². The van der Waals surface area contributed by atoms with Gasteiger partial charge >= 0.3 is 0 Å². The van der Waals surface area contributed by atoms with Crippen molar-refractivity contribution in [3.05, 3.63) is 29.8 Å². The molecule has 0 aliphatic carbocycles. The molecule has 1 amide bonds. The van der Waals surface area contributed by atoms with E-state index in [-0.39, 0.29) is 11.8 Å². The van der Waals surface area contributed by atoms with Crippen LogP contribution in [-0.2, 0) is 4.79 Å². The molecule has 108 valence electrons. The van der Waals surface area contributed by atoms with Crippen LogP contribution in [0.2, 0.25) is 0 Å². The minimum absolute atomic E-state index is 0.0430. The van der Waals surface area contributed by atoms with Gasteiger partial charge in [0.05, 0.1) is 6.54 Å². The molecular formula is C15H22N4O. The van der Waals surface area contributed by atoms with E-state index in [1.54, 1.807) is 0 Å². The topological polar surface area (TPSA) is 79.5 Å². The van der Waals surface area contributed by atoms with Gasteiger partial charge in [0.25, 0.3) is 0 Å². The lowest BCUT2D eigenvalue weighted by atomic mass is 9.91. The van der Waals surface area contributed by atoms with Gasteiger partial charge < -0.3 is 16.4 Å². The summed E-state index contributed by atoms with van der Waals surface area (Å²) in [6, 6.07) is 7.86. The Labute approximate surface area is 119 Å². The normalized spacial score (nSPS) is 18.4. The predicted molar refractivity (Wildman–Crippen MR) is 81.8 cm³/mol. The van der Waals surface area contributed by atoms with Crippen LogP contribution in [0, 0.1) is 0 Å². The van der Waals surface area contributed by atoms with Crippen molar-refractivity contribution >= 4 is 17.6 Å². The number of nitrogens with two attached hydrogens (primary N) is 1. The molecule has 1 aliphatic heterocycles. The van der Waals surface area contributed by atoms with E-state index in [4.69, 9.17) is 5.73 Å². The number of guanidine groups is 1. The number of benzene rings is 1. The largest absolute Gasteiger partial charge is 0.370 e. The highest BCUT2D eigenvalue weighted by molar-refractivity contribution is 5.94. The zero-order chi connectivity index (χ0) is 14.4. The number of nitrogens with zero attached hydrogens (tertiary/aromatic N) is 1. The lowest BCUT2D eigenvalue weighted by Gasteiger charge is -2.24. The predicted octanol–water partition coefficient (Wildman–Crippen LogP) is 1.82. The Morgan fingerprint density at radius 1 is 1.50 bits per heavy atom. The molecule has 0 radical (unpaired) electrons. The van der Waals surface area contributed by atoms with Gasteiger partial charge in [-0.15, -0.1) is 0 Å². The van der Waals surface area contributed by atoms with E-state index >= 15 is 0 Å². The van der Waals surface area contributed by atoms with E-state index in [9.17, 15) is 4.79 Å². The molecule has 1 atom stereocenters. The lowest BCUT2D eigenvalue weighted by molar-refractivity contribution is -0.116. The quantitative estimate of drug-likeness (QED) is 0.435. The third-order valence-electron chi connectivity index (χ3n) is 3.42. The average Bonchev–Trinajstić information content (AvgIpc) is 2.45. The summed E-state index contributed by atoms with van der Waals surface area (Å²) in [5, 5.41) is 5.97. The molecule has 1 heterocycles. The molecule has 5 heteroatoms. The van der Waals surface area contributed by atoms with E-state index in [2.05, 4.69) is 22.5 Å². The molecule has 5 nitrogen and oxygen atoms in total. The number of anilines is 1. The second kappa shape index (κ2) is 6.93. The number of carbonyl (C=O) groups is 1. The highest BCUT2D eigenvalue weighted by Crippen LogP contribution is 2.31. The Kier molecular flexibility index (Phi) is 4.98. The van der Waals surface area contributed by atoms with Crippen molar-refractivity contribution in [2.24, 2.45) is 10.7 Å².